The van der Waals surface area contributed by atoms with E-state index in [4.69, 9.17) is 4.74 Å². The summed E-state index contributed by atoms with van der Waals surface area (Å²) in [6, 6.07) is 12.8. The molecule has 0 saturated carbocycles. The SMILES string of the molecule is COCc1cc(=O)[nH]c2cc(NC(=O)CSc3ccc(F)cc3)ccc12. The molecule has 0 bridgehead atoms. The van der Waals surface area contributed by atoms with Crippen LogP contribution in [0.1, 0.15) is 5.56 Å². The van der Waals surface area contributed by atoms with Crippen molar-refractivity contribution >= 4 is 34.3 Å². The number of H-pyrrole nitrogens is 1. The van der Waals surface area contributed by atoms with Gasteiger partial charge in [0.2, 0.25) is 11.5 Å². The van der Waals surface area contributed by atoms with Crippen LogP contribution in [0.3, 0.4) is 0 Å². The molecule has 26 heavy (non-hydrogen) atoms. The van der Waals surface area contributed by atoms with E-state index in [1.165, 1.54) is 30.0 Å². The highest BCUT2D eigenvalue weighted by Gasteiger charge is 2.08. The minimum atomic E-state index is -0.309. The summed E-state index contributed by atoms with van der Waals surface area (Å²) in [5.41, 5.74) is 1.79. The number of ether oxygens (including phenoxy) is 1. The van der Waals surface area contributed by atoms with Gasteiger partial charge in [-0.25, -0.2) is 4.39 Å². The van der Waals surface area contributed by atoms with Crippen LogP contribution >= 0.6 is 11.8 Å². The van der Waals surface area contributed by atoms with E-state index in [9.17, 15) is 14.0 Å². The lowest BCUT2D eigenvalue weighted by Gasteiger charge is -2.09. The van der Waals surface area contributed by atoms with Crippen LogP contribution in [0.15, 0.2) is 58.2 Å². The van der Waals surface area contributed by atoms with Gasteiger partial charge in [-0.05, 0) is 42.0 Å². The van der Waals surface area contributed by atoms with Gasteiger partial charge in [0, 0.05) is 29.1 Å². The van der Waals surface area contributed by atoms with Gasteiger partial charge >= 0.3 is 0 Å². The number of thioether (sulfide) groups is 1. The van der Waals surface area contributed by atoms with Gasteiger partial charge < -0.3 is 15.0 Å². The molecule has 0 atom stereocenters. The molecule has 3 aromatic rings. The maximum Gasteiger partial charge on any atom is 0.248 e. The monoisotopic (exact) mass is 372 g/mol. The van der Waals surface area contributed by atoms with E-state index in [-0.39, 0.29) is 23.0 Å². The van der Waals surface area contributed by atoms with Crippen molar-refractivity contribution in [3.8, 4) is 0 Å². The number of rotatable bonds is 6. The number of anilines is 1. The van der Waals surface area contributed by atoms with Crippen molar-refractivity contribution < 1.29 is 13.9 Å². The summed E-state index contributed by atoms with van der Waals surface area (Å²) in [4.78, 5) is 27.5. The van der Waals surface area contributed by atoms with Gasteiger partial charge in [0.25, 0.3) is 0 Å². The molecule has 2 aromatic carbocycles. The van der Waals surface area contributed by atoms with Crippen LogP contribution in [0.2, 0.25) is 0 Å². The normalized spacial score (nSPS) is 10.8. The summed E-state index contributed by atoms with van der Waals surface area (Å²) in [6.07, 6.45) is 0. The standard InChI is InChI=1S/C19H17FN2O3S/c1-25-10-12-8-18(23)22-17-9-14(4-7-16(12)17)21-19(24)11-26-15-5-2-13(20)3-6-15/h2-9H,10-11H2,1H3,(H,21,24)(H,22,23). The third-order valence-electron chi connectivity index (χ3n) is 3.70. The second-order valence-electron chi connectivity index (χ2n) is 5.64. The maximum atomic E-state index is 12.9. The predicted molar refractivity (Wildman–Crippen MR) is 101 cm³/mol. The average Bonchev–Trinajstić information content (AvgIpc) is 2.61. The molecule has 0 aliphatic heterocycles. The smallest absolute Gasteiger partial charge is 0.248 e. The Morgan fingerprint density at radius 2 is 1.96 bits per heavy atom. The van der Waals surface area contributed by atoms with Crippen molar-refractivity contribution in [3.63, 3.8) is 0 Å². The molecule has 7 heteroatoms. The summed E-state index contributed by atoms with van der Waals surface area (Å²) in [6.45, 7) is 0.334. The molecular weight excluding hydrogens is 355 g/mol. The number of hydrogen-bond acceptors (Lipinski definition) is 4. The largest absolute Gasteiger partial charge is 0.380 e. The van der Waals surface area contributed by atoms with Crippen LogP contribution in [0.4, 0.5) is 10.1 Å². The van der Waals surface area contributed by atoms with Crippen LogP contribution in [-0.4, -0.2) is 23.8 Å². The minimum Gasteiger partial charge on any atom is -0.380 e. The second kappa shape index (κ2) is 8.16. The molecule has 0 unspecified atom stereocenters. The summed E-state index contributed by atoms with van der Waals surface area (Å²) < 4.78 is 18.0. The van der Waals surface area contributed by atoms with Crippen LogP contribution in [-0.2, 0) is 16.1 Å². The first-order chi connectivity index (χ1) is 12.5. The van der Waals surface area contributed by atoms with Crippen molar-refractivity contribution in [1.29, 1.82) is 0 Å². The molecule has 1 heterocycles. The van der Waals surface area contributed by atoms with E-state index < -0.39 is 0 Å². The Balaban J connectivity index is 1.71. The number of halogens is 1. The van der Waals surface area contributed by atoms with E-state index in [1.54, 1.807) is 31.4 Å². The first kappa shape index (κ1) is 18.2. The Morgan fingerprint density at radius 1 is 1.19 bits per heavy atom. The zero-order valence-electron chi connectivity index (χ0n) is 14.0. The third kappa shape index (κ3) is 4.50. The average molecular weight is 372 g/mol. The zero-order valence-corrected chi connectivity index (χ0v) is 14.9. The van der Waals surface area contributed by atoms with Gasteiger partial charge in [0.1, 0.15) is 5.82 Å². The van der Waals surface area contributed by atoms with Gasteiger partial charge in [-0.2, -0.15) is 0 Å². The molecule has 0 radical (unpaired) electrons. The predicted octanol–water partition coefficient (Wildman–Crippen LogP) is 3.54. The number of carbonyl (C=O) groups is 1. The highest BCUT2D eigenvalue weighted by molar-refractivity contribution is 8.00. The van der Waals surface area contributed by atoms with Crippen LogP contribution in [0, 0.1) is 5.82 Å². The van der Waals surface area contributed by atoms with E-state index in [1.807, 2.05) is 6.07 Å². The third-order valence-corrected chi connectivity index (χ3v) is 4.71. The van der Waals surface area contributed by atoms with Crippen LogP contribution < -0.4 is 10.9 Å². The highest BCUT2D eigenvalue weighted by Crippen LogP contribution is 2.22. The van der Waals surface area contributed by atoms with Gasteiger partial charge in [-0.15, -0.1) is 11.8 Å². The van der Waals surface area contributed by atoms with Crippen molar-refractivity contribution in [1.82, 2.24) is 4.98 Å². The molecule has 3 rings (SSSR count). The summed E-state index contributed by atoms with van der Waals surface area (Å²) in [5, 5.41) is 3.67. The van der Waals surface area contributed by atoms with Crippen LogP contribution in [0.5, 0.6) is 0 Å². The lowest BCUT2D eigenvalue weighted by Crippen LogP contribution is -2.14. The number of nitrogens with one attached hydrogen (secondary N) is 2. The van der Waals surface area contributed by atoms with Crippen molar-refractivity contribution in [3.05, 3.63) is 70.3 Å². The molecular formula is C19H17FN2O3S. The molecule has 0 fully saturated rings. The van der Waals surface area contributed by atoms with E-state index >= 15 is 0 Å². The van der Waals surface area contributed by atoms with Gasteiger partial charge in [-0.3, -0.25) is 9.59 Å². The Bertz CT molecular complexity index is 986. The van der Waals surface area contributed by atoms with Gasteiger partial charge in [-0.1, -0.05) is 6.07 Å². The molecule has 1 aromatic heterocycles. The Labute approximate surface area is 153 Å². The summed E-state index contributed by atoms with van der Waals surface area (Å²) in [5.74, 6) is -0.296. The Kier molecular flexibility index (Phi) is 5.70. The minimum absolute atomic E-state index is 0.186. The Hall–Kier alpha value is -2.64. The van der Waals surface area contributed by atoms with E-state index in [0.29, 0.717) is 17.8 Å². The molecule has 0 saturated heterocycles. The number of aromatic amines is 1. The zero-order chi connectivity index (χ0) is 18.5. The van der Waals surface area contributed by atoms with Crippen molar-refractivity contribution in [2.75, 3.05) is 18.2 Å². The number of hydrogen-bond donors (Lipinski definition) is 2. The number of methoxy groups -OCH3 is 1. The number of benzene rings is 2. The van der Waals surface area contributed by atoms with Crippen molar-refractivity contribution in [2.24, 2.45) is 0 Å². The molecule has 5 nitrogen and oxygen atoms in total. The molecule has 1 amide bonds. The summed E-state index contributed by atoms with van der Waals surface area (Å²) >= 11 is 1.32. The lowest BCUT2D eigenvalue weighted by atomic mass is 10.1. The fourth-order valence-electron chi connectivity index (χ4n) is 2.56. The van der Waals surface area contributed by atoms with Crippen molar-refractivity contribution in [2.45, 2.75) is 11.5 Å². The fourth-order valence-corrected chi connectivity index (χ4v) is 3.26. The fraction of sp³-hybridized carbons (Fsp3) is 0.158. The highest BCUT2D eigenvalue weighted by atomic mass is 32.2. The molecule has 134 valence electrons. The number of carbonyl (C=O) groups excluding carboxylic acids is 1. The maximum absolute atomic E-state index is 12.9. The number of amides is 1. The molecule has 0 aliphatic rings. The quantitative estimate of drug-likeness (QED) is 0.649. The van der Waals surface area contributed by atoms with Gasteiger partial charge in [0.15, 0.2) is 0 Å². The first-order valence-electron chi connectivity index (χ1n) is 7.88. The van der Waals surface area contributed by atoms with E-state index in [2.05, 4.69) is 10.3 Å². The van der Waals surface area contributed by atoms with E-state index in [0.717, 1.165) is 15.8 Å². The summed E-state index contributed by atoms with van der Waals surface area (Å²) in [7, 11) is 1.57. The second-order valence-corrected chi connectivity index (χ2v) is 6.69. The molecule has 2 N–H and O–H groups in total. The topological polar surface area (TPSA) is 71.2 Å². The Morgan fingerprint density at radius 3 is 2.69 bits per heavy atom. The molecule has 0 spiro atoms. The first-order valence-corrected chi connectivity index (χ1v) is 8.87. The number of aromatic nitrogens is 1. The lowest BCUT2D eigenvalue weighted by molar-refractivity contribution is -0.113. The van der Waals surface area contributed by atoms with Gasteiger partial charge in [0.05, 0.1) is 17.9 Å². The molecule has 0 aliphatic carbocycles. The number of pyridine rings is 1. The van der Waals surface area contributed by atoms with Crippen LogP contribution in [0.25, 0.3) is 10.9 Å². The number of fused-ring (bicyclic) bond motifs is 1.